The topological polar surface area (TPSA) is 40.9 Å². The number of nitriles is 1. The Balaban J connectivity index is 3.43. The molecule has 0 rings (SSSR count). The number of alkyl halides is 1. The quantitative estimate of drug-likeness (QED) is 0.527. The molecule has 0 saturated heterocycles. The van der Waals surface area contributed by atoms with Gasteiger partial charge < -0.3 is 0 Å². The van der Waals surface area contributed by atoms with Crippen molar-refractivity contribution >= 4 is 17.4 Å². The number of nitrogens with zero attached hydrogens (tertiary/aromatic N) is 1. The number of Topliss-reactive ketones (excluding diaryl/α,β-unsaturated/α-hetero) is 1. The van der Waals surface area contributed by atoms with Crippen LogP contribution < -0.4 is 0 Å². The molecule has 3 heteroatoms. The van der Waals surface area contributed by atoms with Crippen LogP contribution in [0.3, 0.4) is 0 Å². The summed E-state index contributed by atoms with van der Waals surface area (Å²) in [6.07, 6.45) is 0.151. The van der Waals surface area contributed by atoms with Crippen LogP contribution in [0.2, 0.25) is 0 Å². The maximum absolute atomic E-state index is 10.2. The van der Waals surface area contributed by atoms with Gasteiger partial charge in [0.25, 0.3) is 0 Å². The Morgan fingerprint density at radius 2 is 2.50 bits per heavy atom. The van der Waals surface area contributed by atoms with E-state index < -0.39 is 5.38 Å². The van der Waals surface area contributed by atoms with E-state index in [1.165, 1.54) is 6.92 Å². The number of halogens is 1. The van der Waals surface area contributed by atoms with Gasteiger partial charge in [0.05, 0.1) is 6.07 Å². The van der Waals surface area contributed by atoms with Crippen molar-refractivity contribution in [3.63, 3.8) is 0 Å². The minimum Gasteiger partial charge on any atom is -0.300 e. The van der Waals surface area contributed by atoms with Crippen LogP contribution >= 0.6 is 11.6 Å². The molecule has 0 bridgehead atoms. The molecule has 0 fully saturated rings. The summed E-state index contributed by atoms with van der Waals surface area (Å²) in [7, 11) is 0. The number of ketones is 1. The fourth-order valence-electron chi connectivity index (χ4n) is 0.298. The van der Waals surface area contributed by atoms with Crippen molar-refractivity contribution < 1.29 is 4.79 Å². The summed E-state index contributed by atoms with van der Waals surface area (Å²) in [5, 5.41) is 7.40. The SMILES string of the molecule is CC(=O)C[C@H](Cl)C#N. The van der Waals surface area contributed by atoms with Gasteiger partial charge in [0.15, 0.2) is 0 Å². The Kier molecular flexibility index (Phi) is 3.21. The lowest BCUT2D eigenvalue weighted by Gasteiger charge is -1.90. The maximum atomic E-state index is 10.2. The number of carbonyl (C=O) groups excluding carboxylic acids is 1. The average Bonchev–Trinajstić information content (AvgIpc) is 1.65. The molecule has 0 aromatic heterocycles. The lowest BCUT2D eigenvalue weighted by Crippen LogP contribution is -2.00. The van der Waals surface area contributed by atoms with Crippen molar-refractivity contribution in [3.8, 4) is 6.07 Å². The largest absolute Gasteiger partial charge is 0.300 e. The van der Waals surface area contributed by atoms with Gasteiger partial charge >= 0.3 is 0 Å². The summed E-state index contributed by atoms with van der Waals surface area (Å²) >= 11 is 5.28. The van der Waals surface area contributed by atoms with Crippen molar-refractivity contribution in [1.82, 2.24) is 0 Å². The van der Waals surface area contributed by atoms with Gasteiger partial charge in [0.1, 0.15) is 11.2 Å². The van der Waals surface area contributed by atoms with Crippen molar-refractivity contribution in [2.45, 2.75) is 18.7 Å². The molecule has 0 amide bonds. The monoisotopic (exact) mass is 131 g/mol. The Labute approximate surface area is 53.1 Å². The zero-order valence-electron chi connectivity index (χ0n) is 4.52. The molecule has 8 heavy (non-hydrogen) atoms. The fourth-order valence-corrected chi connectivity index (χ4v) is 0.515. The summed E-state index contributed by atoms with van der Waals surface area (Å²) in [4.78, 5) is 10.2. The Morgan fingerprint density at radius 3 is 2.62 bits per heavy atom. The molecule has 0 N–H and O–H groups in total. The highest BCUT2D eigenvalue weighted by Crippen LogP contribution is 1.98. The van der Waals surface area contributed by atoms with E-state index in [1.54, 1.807) is 6.07 Å². The highest BCUT2D eigenvalue weighted by Gasteiger charge is 2.03. The molecule has 0 radical (unpaired) electrons. The van der Waals surface area contributed by atoms with E-state index in [4.69, 9.17) is 16.9 Å². The second kappa shape index (κ2) is 3.45. The van der Waals surface area contributed by atoms with Gasteiger partial charge in [-0.1, -0.05) is 0 Å². The third-order valence-corrected chi connectivity index (χ3v) is 0.859. The van der Waals surface area contributed by atoms with Crippen molar-refractivity contribution in [1.29, 1.82) is 5.26 Å². The van der Waals surface area contributed by atoms with E-state index in [0.29, 0.717) is 0 Å². The van der Waals surface area contributed by atoms with Gasteiger partial charge in [-0.05, 0) is 6.92 Å². The van der Waals surface area contributed by atoms with Crippen LogP contribution in [0.1, 0.15) is 13.3 Å². The molecule has 2 nitrogen and oxygen atoms in total. The number of hydrogen-bond donors (Lipinski definition) is 0. The van der Waals surface area contributed by atoms with Crippen LogP contribution in [0.15, 0.2) is 0 Å². The third-order valence-electron chi connectivity index (χ3n) is 0.607. The van der Waals surface area contributed by atoms with Crippen LogP contribution in [0.5, 0.6) is 0 Å². The van der Waals surface area contributed by atoms with Gasteiger partial charge in [-0.3, -0.25) is 4.79 Å². The van der Waals surface area contributed by atoms with E-state index >= 15 is 0 Å². The first-order valence-electron chi connectivity index (χ1n) is 2.20. The van der Waals surface area contributed by atoms with Crippen molar-refractivity contribution in [2.75, 3.05) is 0 Å². The highest BCUT2D eigenvalue weighted by molar-refractivity contribution is 6.23. The van der Waals surface area contributed by atoms with E-state index in [9.17, 15) is 4.79 Å². The van der Waals surface area contributed by atoms with Crippen LogP contribution in [0.4, 0.5) is 0 Å². The first-order valence-corrected chi connectivity index (χ1v) is 2.63. The molecule has 0 aliphatic rings. The second-order valence-electron chi connectivity index (χ2n) is 1.50. The minimum atomic E-state index is -0.646. The molecule has 44 valence electrons. The molecular formula is C5H6ClNO. The Bertz CT molecular complexity index is 127. The summed E-state index contributed by atoms with van der Waals surface area (Å²) in [6, 6.07) is 1.74. The van der Waals surface area contributed by atoms with E-state index in [1.807, 2.05) is 0 Å². The predicted octanol–water partition coefficient (Wildman–Crippen LogP) is 1.10. The normalized spacial score (nSPS) is 12.1. The molecule has 1 atom stereocenters. The van der Waals surface area contributed by atoms with Crippen molar-refractivity contribution in [2.24, 2.45) is 0 Å². The third kappa shape index (κ3) is 3.63. The molecule has 0 saturated carbocycles. The number of rotatable bonds is 2. The number of hydrogen-bond acceptors (Lipinski definition) is 2. The smallest absolute Gasteiger partial charge is 0.132 e. The van der Waals surface area contributed by atoms with Gasteiger partial charge in [-0.2, -0.15) is 5.26 Å². The molecule has 0 spiro atoms. The molecule has 0 unspecified atom stereocenters. The van der Waals surface area contributed by atoms with Gasteiger partial charge in [-0.25, -0.2) is 0 Å². The lowest BCUT2D eigenvalue weighted by molar-refractivity contribution is -0.116. The van der Waals surface area contributed by atoms with Crippen LogP contribution in [-0.4, -0.2) is 11.2 Å². The first-order chi connectivity index (χ1) is 3.66. The van der Waals surface area contributed by atoms with Gasteiger partial charge in [0.2, 0.25) is 0 Å². The molecule has 0 aromatic rings. The molecule has 0 heterocycles. The molecular weight excluding hydrogens is 126 g/mol. The van der Waals surface area contributed by atoms with Gasteiger partial charge in [-0.15, -0.1) is 11.6 Å². The minimum absolute atomic E-state index is 0.0495. The van der Waals surface area contributed by atoms with Crippen LogP contribution in [0, 0.1) is 11.3 Å². The predicted molar refractivity (Wildman–Crippen MR) is 30.6 cm³/mol. The van der Waals surface area contributed by atoms with Crippen molar-refractivity contribution in [3.05, 3.63) is 0 Å². The lowest BCUT2D eigenvalue weighted by atomic mass is 10.2. The van der Waals surface area contributed by atoms with Crippen LogP contribution in [-0.2, 0) is 4.79 Å². The Morgan fingerprint density at radius 1 is 2.00 bits per heavy atom. The fraction of sp³-hybridized carbons (Fsp3) is 0.600. The molecule has 0 aliphatic carbocycles. The van der Waals surface area contributed by atoms with Crippen LogP contribution in [0.25, 0.3) is 0 Å². The number of carbonyl (C=O) groups is 1. The second-order valence-corrected chi connectivity index (χ2v) is 2.03. The summed E-state index contributed by atoms with van der Waals surface area (Å²) in [6.45, 7) is 1.41. The molecule has 0 aromatic carbocycles. The first kappa shape index (κ1) is 7.45. The zero-order valence-corrected chi connectivity index (χ0v) is 5.27. The van der Waals surface area contributed by atoms with E-state index in [-0.39, 0.29) is 12.2 Å². The van der Waals surface area contributed by atoms with Gasteiger partial charge in [0, 0.05) is 6.42 Å². The summed E-state index contributed by atoms with van der Waals surface area (Å²) in [5.41, 5.74) is 0. The maximum Gasteiger partial charge on any atom is 0.132 e. The summed E-state index contributed by atoms with van der Waals surface area (Å²) in [5.74, 6) is -0.0495. The average molecular weight is 132 g/mol. The summed E-state index contributed by atoms with van der Waals surface area (Å²) < 4.78 is 0. The highest BCUT2D eigenvalue weighted by atomic mass is 35.5. The molecule has 0 aliphatic heterocycles. The Hall–Kier alpha value is -0.550. The zero-order chi connectivity index (χ0) is 6.57. The van der Waals surface area contributed by atoms with E-state index in [2.05, 4.69) is 0 Å². The van der Waals surface area contributed by atoms with E-state index in [0.717, 1.165) is 0 Å². The standard InChI is InChI=1S/C5H6ClNO/c1-4(8)2-5(6)3-7/h5H,2H2,1H3/t5-/m0/s1.